The number of nitrogens with two attached hydrogens (primary N) is 1. The third-order valence-corrected chi connectivity index (χ3v) is 4.59. The highest BCUT2D eigenvalue weighted by atomic mass is 19.1. The SMILES string of the molecule is COc1cc2c(cc1F)c(C(N)=O)cn2Cc1ccc2ccccc2c1. The quantitative estimate of drug-likeness (QED) is 0.604. The molecule has 1 heterocycles. The minimum Gasteiger partial charge on any atom is -0.494 e. The van der Waals surface area contributed by atoms with Crippen molar-refractivity contribution in [3.05, 3.63) is 77.7 Å². The first-order valence-corrected chi connectivity index (χ1v) is 8.20. The minimum absolute atomic E-state index is 0.131. The third kappa shape index (κ3) is 2.67. The van der Waals surface area contributed by atoms with E-state index >= 15 is 0 Å². The zero-order valence-electron chi connectivity index (χ0n) is 14.2. The Hall–Kier alpha value is -3.34. The molecule has 2 N–H and O–H groups in total. The Bertz CT molecular complexity index is 1150. The van der Waals surface area contributed by atoms with Crippen LogP contribution in [0.2, 0.25) is 0 Å². The third-order valence-electron chi connectivity index (χ3n) is 4.59. The molecule has 1 aromatic heterocycles. The highest BCUT2D eigenvalue weighted by Gasteiger charge is 2.16. The largest absolute Gasteiger partial charge is 0.494 e. The lowest BCUT2D eigenvalue weighted by atomic mass is 10.1. The fourth-order valence-corrected chi connectivity index (χ4v) is 3.31. The van der Waals surface area contributed by atoms with Gasteiger partial charge in [-0.05, 0) is 28.5 Å². The van der Waals surface area contributed by atoms with Gasteiger partial charge in [-0.2, -0.15) is 0 Å². The average molecular weight is 348 g/mol. The van der Waals surface area contributed by atoms with E-state index in [-0.39, 0.29) is 5.75 Å². The summed E-state index contributed by atoms with van der Waals surface area (Å²) in [5.41, 5.74) is 7.54. The molecular formula is C21H17FN2O2. The number of fused-ring (bicyclic) bond motifs is 2. The van der Waals surface area contributed by atoms with E-state index in [0.717, 1.165) is 16.3 Å². The van der Waals surface area contributed by atoms with Crippen molar-refractivity contribution < 1.29 is 13.9 Å². The lowest BCUT2D eigenvalue weighted by molar-refractivity contribution is 0.100. The summed E-state index contributed by atoms with van der Waals surface area (Å²) in [6.07, 6.45) is 1.67. The molecule has 0 saturated carbocycles. The van der Waals surface area contributed by atoms with Crippen LogP contribution in [0.3, 0.4) is 0 Å². The number of primary amides is 1. The predicted octanol–water partition coefficient (Wildman–Crippen LogP) is 4.09. The van der Waals surface area contributed by atoms with Crippen molar-refractivity contribution in [2.45, 2.75) is 6.54 Å². The van der Waals surface area contributed by atoms with Crippen molar-refractivity contribution in [3.63, 3.8) is 0 Å². The molecule has 0 fully saturated rings. The molecule has 130 valence electrons. The van der Waals surface area contributed by atoms with Crippen molar-refractivity contribution in [2.75, 3.05) is 7.11 Å². The first-order chi connectivity index (χ1) is 12.6. The summed E-state index contributed by atoms with van der Waals surface area (Å²) in [5.74, 6) is -0.978. The van der Waals surface area contributed by atoms with Crippen LogP contribution < -0.4 is 10.5 Å². The standard InChI is InChI=1S/C21H17FN2O2/c1-26-20-10-19-16(9-18(20)22)17(21(23)25)12-24(19)11-13-6-7-14-4-2-3-5-15(14)8-13/h2-10,12H,11H2,1H3,(H2,23,25). The summed E-state index contributed by atoms with van der Waals surface area (Å²) in [7, 11) is 1.41. The first-order valence-electron chi connectivity index (χ1n) is 8.20. The minimum atomic E-state index is -0.586. The number of methoxy groups -OCH3 is 1. The van der Waals surface area contributed by atoms with Crippen molar-refractivity contribution in [2.24, 2.45) is 5.73 Å². The van der Waals surface area contributed by atoms with Gasteiger partial charge in [0.15, 0.2) is 11.6 Å². The summed E-state index contributed by atoms with van der Waals surface area (Å²) in [4.78, 5) is 11.8. The highest BCUT2D eigenvalue weighted by Crippen LogP contribution is 2.29. The number of ether oxygens (including phenoxy) is 1. The van der Waals surface area contributed by atoms with E-state index in [9.17, 15) is 9.18 Å². The number of rotatable bonds is 4. The molecule has 0 spiro atoms. The van der Waals surface area contributed by atoms with Gasteiger partial charge < -0.3 is 15.0 Å². The number of hydrogen-bond acceptors (Lipinski definition) is 2. The van der Waals surface area contributed by atoms with Gasteiger partial charge in [0.05, 0.1) is 18.2 Å². The molecule has 0 aliphatic carbocycles. The Morgan fingerprint density at radius 3 is 2.62 bits per heavy atom. The number of aromatic nitrogens is 1. The zero-order chi connectivity index (χ0) is 18.3. The number of carbonyl (C=O) groups is 1. The summed E-state index contributed by atoms with van der Waals surface area (Å²) in [6, 6.07) is 17.2. The lowest BCUT2D eigenvalue weighted by Crippen LogP contribution is -2.10. The normalized spacial score (nSPS) is 11.2. The number of carbonyl (C=O) groups excluding carboxylic acids is 1. The second-order valence-corrected chi connectivity index (χ2v) is 6.22. The number of nitrogens with zero attached hydrogens (tertiary/aromatic N) is 1. The Labute approximate surface area is 149 Å². The summed E-state index contributed by atoms with van der Waals surface area (Å²) >= 11 is 0. The van der Waals surface area contributed by atoms with Crippen molar-refractivity contribution in [1.29, 1.82) is 0 Å². The second-order valence-electron chi connectivity index (χ2n) is 6.22. The van der Waals surface area contributed by atoms with Gasteiger partial charge in [-0.25, -0.2) is 4.39 Å². The van der Waals surface area contributed by atoms with Gasteiger partial charge in [-0.15, -0.1) is 0 Å². The Morgan fingerprint density at radius 1 is 1.12 bits per heavy atom. The summed E-state index contributed by atoms with van der Waals surface area (Å²) in [6.45, 7) is 0.531. The van der Waals surface area contributed by atoms with E-state index in [1.165, 1.54) is 13.2 Å². The van der Waals surface area contributed by atoms with Crippen LogP contribution in [0.25, 0.3) is 21.7 Å². The lowest BCUT2D eigenvalue weighted by Gasteiger charge is -2.09. The van der Waals surface area contributed by atoms with E-state index in [1.807, 2.05) is 22.8 Å². The maximum Gasteiger partial charge on any atom is 0.250 e. The topological polar surface area (TPSA) is 57.2 Å². The Morgan fingerprint density at radius 2 is 1.88 bits per heavy atom. The Balaban J connectivity index is 1.85. The molecule has 0 saturated heterocycles. The Kier molecular flexibility index (Phi) is 3.84. The smallest absolute Gasteiger partial charge is 0.250 e. The van der Waals surface area contributed by atoms with E-state index < -0.39 is 11.7 Å². The van der Waals surface area contributed by atoms with Gasteiger partial charge in [-0.3, -0.25) is 4.79 Å². The van der Waals surface area contributed by atoms with Crippen LogP contribution in [-0.2, 0) is 6.54 Å². The molecule has 0 radical (unpaired) electrons. The van der Waals surface area contributed by atoms with Crippen LogP contribution in [-0.4, -0.2) is 17.6 Å². The second kappa shape index (κ2) is 6.19. The molecule has 3 aromatic carbocycles. The van der Waals surface area contributed by atoms with E-state index in [4.69, 9.17) is 10.5 Å². The van der Waals surface area contributed by atoms with Crippen molar-refractivity contribution in [3.8, 4) is 5.75 Å². The van der Waals surface area contributed by atoms with Gasteiger partial charge in [0.25, 0.3) is 5.91 Å². The average Bonchev–Trinajstić information content (AvgIpc) is 2.98. The van der Waals surface area contributed by atoms with Gasteiger partial charge in [0.2, 0.25) is 0 Å². The van der Waals surface area contributed by atoms with Crippen LogP contribution in [0.4, 0.5) is 4.39 Å². The first kappa shape index (κ1) is 16.1. The molecule has 4 aromatic rings. The molecule has 4 rings (SSSR count). The molecule has 0 bridgehead atoms. The number of benzene rings is 3. The number of halogens is 1. The van der Waals surface area contributed by atoms with E-state index in [2.05, 4.69) is 24.3 Å². The molecule has 0 unspecified atom stereocenters. The number of amides is 1. The predicted molar refractivity (Wildman–Crippen MR) is 100 cm³/mol. The van der Waals surface area contributed by atoms with Crippen LogP contribution in [0.5, 0.6) is 5.75 Å². The maximum atomic E-state index is 14.1. The van der Waals surface area contributed by atoms with Crippen molar-refractivity contribution >= 4 is 27.6 Å². The highest BCUT2D eigenvalue weighted by molar-refractivity contribution is 6.06. The molecule has 1 amide bonds. The van der Waals surface area contributed by atoms with Crippen LogP contribution in [0.15, 0.2) is 60.8 Å². The molecular weight excluding hydrogens is 331 g/mol. The van der Waals surface area contributed by atoms with Crippen LogP contribution >= 0.6 is 0 Å². The van der Waals surface area contributed by atoms with Gasteiger partial charge in [0.1, 0.15) is 0 Å². The van der Waals surface area contributed by atoms with Crippen LogP contribution in [0, 0.1) is 5.82 Å². The van der Waals surface area contributed by atoms with E-state index in [1.54, 1.807) is 12.3 Å². The number of hydrogen-bond donors (Lipinski definition) is 1. The molecule has 5 heteroatoms. The zero-order valence-corrected chi connectivity index (χ0v) is 14.2. The van der Waals surface area contributed by atoms with Gasteiger partial charge in [-0.1, -0.05) is 36.4 Å². The molecule has 4 nitrogen and oxygen atoms in total. The van der Waals surface area contributed by atoms with Crippen LogP contribution in [0.1, 0.15) is 15.9 Å². The summed E-state index contributed by atoms with van der Waals surface area (Å²) < 4.78 is 21.1. The maximum absolute atomic E-state index is 14.1. The van der Waals surface area contributed by atoms with E-state index in [0.29, 0.717) is 23.0 Å². The fourth-order valence-electron chi connectivity index (χ4n) is 3.31. The summed E-state index contributed by atoms with van der Waals surface area (Å²) in [5, 5.41) is 2.78. The molecule has 0 atom stereocenters. The molecule has 26 heavy (non-hydrogen) atoms. The monoisotopic (exact) mass is 348 g/mol. The van der Waals surface area contributed by atoms with Gasteiger partial charge >= 0.3 is 0 Å². The van der Waals surface area contributed by atoms with Crippen molar-refractivity contribution in [1.82, 2.24) is 4.57 Å². The molecule has 0 aliphatic heterocycles. The molecule has 0 aliphatic rings. The fraction of sp³-hybridized carbons (Fsp3) is 0.0952. The van der Waals surface area contributed by atoms with Gasteiger partial charge in [0, 0.05) is 24.2 Å².